The zero-order valence-electron chi connectivity index (χ0n) is 12.6. The van der Waals surface area contributed by atoms with Crippen LogP contribution in [0, 0.1) is 5.92 Å². The van der Waals surface area contributed by atoms with Crippen molar-refractivity contribution in [2.24, 2.45) is 5.92 Å². The summed E-state index contributed by atoms with van der Waals surface area (Å²) in [6, 6.07) is 4.84. The van der Waals surface area contributed by atoms with Crippen LogP contribution in [0.2, 0.25) is 0 Å². The predicted octanol–water partition coefficient (Wildman–Crippen LogP) is 2.57. The van der Waals surface area contributed by atoms with Crippen LogP contribution in [-0.4, -0.2) is 31.4 Å². The maximum absolute atomic E-state index is 11.9. The fourth-order valence-corrected chi connectivity index (χ4v) is 2.34. The SMILES string of the molecule is COc1cccc(Br)c1OCC(=O)NC(C(C)=O)C(C)C. The molecule has 0 saturated heterocycles. The molecule has 1 N–H and O–H groups in total. The largest absolute Gasteiger partial charge is 0.493 e. The highest BCUT2D eigenvalue weighted by Crippen LogP contribution is 2.34. The summed E-state index contributed by atoms with van der Waals surface area (Å²) in [5, 5.41) is 2.67. The number of halogens is 1. The highest BCUT2D eigenvalue weighted by molar-refractivity contribution is 9.10. The van der Waals surface area contributed by atoms with Crippen molar-refractivity contribution in [3.63, 3.8) is 0 Å². The maximum Gasteiger partial charge on any atom is 0.258 e. The maximum atomic E-state index is 11.9. The Morgan fingerprint density at radius 1 is 1.33 bits per heavy atom. The van der Waals surface area contributed by atoms with Crippen LogP contribution in [-0.2, 0) is 9.59 Å². The van der Waals surface area contributed by atoms with Gasteiger partial charge in [0.05, 0.1) is 17.6 Å². The highest BCUT2D eigenvalue weighted by Gasteiger charge is 2.21. The van der Waals surface area contributed by atoms with Crippen molar-refractivity contribution in [2.45, 2.75) is 26.8 Å². The molecule has 0 spiro atoms. The average Bonchev–Trinajstić information content (AvgIpc) is 2.42. The molecule has 0 bridgehead atoms. The lowest BCUT2D eigenvalue weighted by Gasteiger charge is -2.20. The van der Waals surface area contributed by atoms with Crippen molar-refractivity contribution in [3.05, 3.63) is 22.7 Å². The van der Waals surface area contributed by atoms with Crippen molar-refractivity contribution < 1.29 is 19.1 Å². The summed E-state index contributed by atoms with van der Waals surface area (Å²) in [5.41, 5.74) is 0. The molecule has 5 nitrogen and oxygen atoms in total. The molecule has 1 amide bonds. The lowest BCUT2D eigenvalue weighted by atomic mass is 10.0. The topological polar surface area (TPSA) is 64.6 Å². The summed E-state index contributed by atoms with van der Waals surface area (Å²) in [7, 11) is 1.53. The number of carbonyl (C=O) groups excluding carboxylic acids is 2. The van der Waals surface area contributed by atoms with E-state index < -0.39 is 6.04 Å². The first-order chi connectivity index (χ1) is 9.86. The molecular weight excluding hydrogens is 338 g/mol. The Balaban J connectivity index is 2.67. The smallest absolute Gasteiger partial charge is 0.258 e. The van der Waals surface area contributed by atoms with Gasteiger partial charge in [-0.2, -0.15) is 0 Å². The van der Waals surface area contributed by atoms with Crippen LogP contribution < -0.4 is 14.8 Å². The van der Waals surface area contributed by atoms with Crippen LogP contribution in [0.3, 0.4) is 0 Å². The summed E-state index contributed by atoms with van der Waals surface area (Å²) in [5.74, 6) is 0.603. The van der Waals surface area contributed by atoms with Gasteiger partial charge in [-0.15, -0.1) is 0 Å². The van der Waals surface area contributed by atoms with Crippen molar-refractivity contribution in [3.8, 4) is 11.5 Å². The minimum absolute atomic E-state index is 0.0319. The second-order valence-corrected chi connectivity index (χ2v) is 5.81. The Morgan fingerprint density at radius 2 is 2.00 bits per heavy atom. The number of nitrogens with one attached hydrogen (secondary N) is 1. The number of hydrogen-bond acceptors (Lipinski definition) is 4. The van der Waals surface area contributed by atoms with E-state index in [1.165, 1.54) is 14.0 Å². The van der Waals surface area contributed by atoms with Gasteiger partial charge in [-0.05, 0) is 40.9 Å². The highest BCUT2D eigenvalue weighted by atomic mass is 79.9. The van der Waals surface area contributed by atoms with Gasteiger partial charge in [0.1, 0.15) is 0 Å². The molecule has 0 aliphatic heterocycles. The monoisotopic (exact) mass is 357 g/mol. The Hall–Kier alpha value is -1.56. The Bertz CT molecular complexity index is 516. The molecule has 0 aromatic heterocycles. The number of methoxy groups -OCH3 is 1. The Morgan fingerprint density at radius 3 is 2.52 bits per heavy atom. The lowest BCUT2D eigenvalue weighted by Crippen LogP contribution is -2.45. The Labute approximate surface area is 133 Å². The van der Waals surface area contributed by atoms with E-state index >= 15 is 0 Å². The molecule has 0 radical (unpaired) electrons. The van der Waals surface area contributed by atoms with Crippen LogP contribution in [0.5, 0.6) is 11.5 Å². The molecule has 116 valence electrons. The zero-order chi connectivity index (χ0) is 16.0. The number of para-hydroxylation sites is 1. The number of ether oxygens (including phenoxy) is 2. The van der Waals surface area contributed by atoms with Crippen LogP contribution in [0.4, 0.5) is 0 Å². The summed E-state index contributed by atoms with van der Waals surface area (Å²) in [6.45, 7) is 5.03. The molecule has 1 aromatic rings. The molecule has 1 unspecified atom stereocenters. The number of Topliss-reactive ketones (excluding diaryl/α,β-unsaturated/α-hetero) is 1. The molecule has 6 heteroatoms. The molecular formula is C15H20BrNO4. The lowest BCUT2D eigenvalue weighted by molar-refractivity contribution is -0.129. The summed E-state index contributed by atoms with van der Waals surface area (Å²) >= 11 is 3.34. The van der Waals surface area contributed by atoms with Crippen LogP contribution in [0.15, 0.2) is 22.7 Å². The van der Waals surface area contributed by atoms with E-state index in [4.69, 9.17) is 9.47 Å². The third-order valence-electron chi connectivity index (χ3n) is 2.92. The zero-order valence-corrected chi connectivity index (χ0v) is 14.2. The minimum Gasteiger partial charge on any atom is -0.493 e. The fraction of sp³-hybridized carbons (Fsp3) is 0.467. The number of carbonyl (C=O) groups is 2. The van der Waals surface area contributed by atoms with E-state index in [2.05, 4.69) is 21.2 Å². The van der Waals surface area contributed by atoms with Gasteiger partial charge in [0.2, 0.25) is 0 Å². The average molecular weight is 358 g/mol. The number of ketones is 1. The molecule has 0 saturated carbocycles. The van der Waals surface area contributed by atoms with Crippen LogP contribution >= 0.6 is 15.9 Å². The van der Waals surface area contributed by atoms with Gasteiger partial charge >= 0.3 is 0 Å². The second-order valence-electron chi connectivity index (χ2n) is 4.96. The van der Waals surface area contributed by atoms with Gasteiger partial charge in [0, 0.05) is 0 Å². The van der Waals surface area contributed by atoms with Gasteiger partial charge in [-0.25, -0.2) is 0 Å². The van der Waals surface area contributed by atoms with E-state index in [0.717, 1.165) is 0 Å². The van der Waals surface area contributed by atoms with E-state index in [1.54, 1.807) is 18.2 Å². The standard InChI is InChI=1S/C15H20BrNO4/c1-9(2)14(10(3)18)17-13(19)8-21-15-11(16)6-5-7-12(15)20-4/h5-7,9,14H,8H2,1-4H3,(H,17,19). The minimum atomic E-state index is -0.498. The predicted molar refractivity (Wildman–Crippen MR) is 83.6 cm³/mol. The molecule has 0 aliphatic rings. The first-order valence-electron chi connectivity index (χ1n) is 6.62. The Kier molecular flexibility index (Phi) is 6.68. The summed E-state index contributed by atoms with van der Waals surface area (Å²) in [4.78, 5) is 23.4. The number of amides is 1. The van der Waals surface area contributed by atoms with Gasteiger partial charge < -0.3 is 14.8 Å². The molecule has 1 rings (SSSR count). The van der Waals surface area contributed by atoms with E-state index in [-0.39, 0.29) is 24.2 Å². The molecule has 0 aliphatic carbocycles. The quantitative estimate of drug-likeness (QED) is 0.814. The van der Waals surface area contributed by atoms with Crippen LogP contribution in [0.25, 0.3) is 0 Å². The number of rotatable bonds is 7. The number of hydrogen-bond donors (Lipinski definition) is 1. The first kappa shape index (κ1) is 17.5. The molecule has 0 fully saturated rings. The summed E-state index contributed by atoms with van der Waals surface area (Å²) < 4.78 is 11.4. The van der Waals surface area contributed by atoms with E-state index in [1.807, 2.05) is 13.8 Å². The van der Waals surface area contributed by atoms with Gasteiger partial charge in [-0.3, -0.25) is 9.59 Å². The van der Waals surface area contributed by atoms with E-state index in [9.17, 15) is 9.59 Å². The molecule has 0 heterocycles. The van der Waals surface area contributed by atoms with E-state index in [0.29, 0.717) is 16.0 Å². The molecule has 21 heavy (non-hydrogen) atoms. The second kappa shape index (κ2) is 8.02. The third-order valence-corrected chi connectivity index (χ3v) is 3.54. The summed E-state index contributed by atoms with van der Waals surface area (Å²) in [6.07, 6.45) is 0. The van der Waals surface area contributed by atoms with Gasteiger partial charge in [0.15, 0.2) is 23.9 Å². The van der Waals surface area contributed by atoms with Gasteiger partial charge in [0.25, 0.3) is 5.91 Å². The molecule has 1 atom stereocenters. The van der Waals surface area contributed by atoms with Crippen molar-refractivity contribution in [2.75, 3.05) is 13.7 Å². The number of benzene rings is 1. The fourth-order valence-electron chi connectivity index (χ4n) is 1.88. The van der Waals surface area contributed by atoms with Crippen molar-refractivity contribution >= 4 is 27.6 Å². The normalized spacial score (nSPS) is 11.9. The van der Waals surface area contributed by atoms with Crippen molar-refractivity contribution in [1.82, 2.24) is 5.32 Å². The first-order valence-corrected chi connectivity index (χ1v) is 7.41. The van der Waals surface area contributed by atoms with Crippen molar-refractivity contribution in [1.29, 1.82) is 0 Å². The molecule has 1 aromatic carbocycles. The van der Waals surface area contributed by atoms with Gasteiger partial charge in [-0.1, -0.05) is 19.9 Å². The van der Waals surface area contributed by atoms with Crippen LogP contribution in [0.1, 0.15) is 20.8 Å². The third kappa shape index (κ3) is 5.04.